The highest BCUT2D eigenvalue weighted by Crippen LogP contribution is 2.29. The van der Waals surface area contributed by atoms with Crippen LogP contribution in [0.5, 0.6) is 0 Å². The molecule has 0 aliphatic rings. The van der Waals surface area contributed by atoms with Gasteiger partial charge in [0.05, 0.1) is 0 Å². The van der Waals surface area contributed by atoms with E-state index in [9.17, 15) is 14.7 Å². The Balaban J connectivity index is 2.92. The molecule has 0 spiro atoms. The maximum absolute atomic E-state index is 12.3. The van der Waals surface area contributed by atoms with Crippen molar-refractivity contribution in [2.75, 3.05) is 7.05 Å². The second-order valence-electron chi connectivity index (χ2n) is 7.42. The van der Waals surface area contributed by atoms with Gasteiger partial charge in [0.25, 0.3) is 0 Å². The van der Waals surface area contributed by atoms with Gasteiger partial charge in [-0.3, -0.25) is 0 Å². The highest BCUT2D eigenvalue weighted by Gasteiger charge is 2.30. The van der Waals surface area contributed by atoms with Crippen molar-refractivity contribution in [1.29, 1.82) is 0 Å². The standard InChI is InChI=1S/C17H28N2O5S/c1-9(2)11(19(7)16(23)24-17(4,5)6)8-12(20)14-18-13(15(21)22)10(3)25-14/h9,11-12,20H,8H2,1-7H3,(H,21,22)/t11-,12-/m1/s1. The topological polar surface area (TPSA) is 100.0 Å². The zero-order chi connectivity index (χ0) is 19.5. The van der Waals surface area contributed by atoms with Crippen LogP contribution in [-0.2, 0) is 4.74 Å². The van der Waals surface area contributed by atoms with Crippen LogP contribution in [-0.4, -0.2) is 50.9 Å². The molecule has 1 rings (SSSR count). The summed E-state index contributed by atoms with van der Waals surface area (Å²) in [6, 6.07) is -0.276. The highest BCUT2D eigenvalue weighted by atomic mass is 32.1. The molecule has 1 aromatic heterocycles. The molecular weight excluding hydrogens is 344 g/mol. The lowest BCUT2D eigenvalue weighted by molar-refractivity contribution is 0.0106. The number of carbonyl (C=O) groups is 2. The van der Waals surface area contributed by atoms with Crippen LogP contribution in [0.4, 0.5) is 4.79 Å². The van der Waals surface area contributed by atoms with E-state index in [0.29, 0.717) is 9.88 Å². The lowest BCUT2D eigenvalue weighted by atomic mass is 9.97. The van der Waals surface area contributed by atoms with Crippen LogP contribution in [0.2, 0.25) is 0 Å². The summed E-state index contributed by atoms with van der Waals surface area (Å²) in [7, 11) is 1.64. The number of ether oxygens (including phenoxy) is 1. The number of carboxylic acid groups (broad SMARTS) is 1. The number of carboxylic acids is 1. The van der Waals surface area contributed by atoms with E-state index in [1.54, 1.807) is 34.7 Å². The molecule has 0 unspecified atom stereocenters. The maximum Gasteiger partial charge on any atom is 0.410 e. The fourth-order valence-corrected chi connectivity index (χ4v) is 3.35. The zero-order valence-corrected chi connectivity index (χ0v) is 16.7. The number of aliphatic hydroxyl groups is 1. The average Bonchev–Trinajstić information content (AvgIpc) is 2.83. The van der Waals surface area contributed by atoms with E-state index in [-0.39, 0.29) is 24.1 Å². The van der Waals surface area contributed by atoms with Gasteiger partial charge in [0.15, 0.2) is 5.69 Å². The first kappa shape index (κ1) is 21.4. The van der Waals surface area contributed by atoms with Crippen molar-refractivity contribution in [3.05, 3.63) is 15.6 Å². The smallest absolute Gasteiger partial charge is 0.410 e. The van der Waals surface area contributed by atoms with E-state index in [1.165, 1.54) is 4.90 Å². The number of amides is 1. The molecule has 142 valence electrons. The van der Waals surface area contributed by atoms with Gasteiger partial charge < -0.3 is 19.8 Å². The summed E-state index contributed by atoms with van der Waals surface area (Å²) >= 11 is 1.16. The van der Waals surface area contributed by atoms with Crippen LogP contribution in [0, 0.1) is 12.8 Å². The van der Waals surface area contributed by atoms with Crippen LogP contribution in [0.15, 0.2) is 0 Å². The summed E-state index contributed by atoms with van der Waals surface area (Å²) in [4.78, 5) is 29.5. The Labute approximate surface area is 152 Å². The molecule has 0 aliphatic carbocycles. The van der Waals surface area contributed by atoms with Crippen molar-refractivity contribution in [2.24, 2.45) is 5.92 Å². The van der Waals surface area contributed by atoms with E-state index >= 15 is 0 Å². The van der Waals surface area contributed by atoms with Crippen molar-refractivity contribution in [3.8, 4) is 0 Å². The molecule has 0 bridgehead atoms. The van der Waals surface area contributed by atoms with Gasteiger partial charge in [-0.15, -0.1) is 11.3 Å². The fraction of sp³-hybridized carbons (Fsp3) is 0.706. The maximum atomic E-state index is 12.3. The number of nitrogens with zero attached hydrogens (tertiary/aromatic N) is 2. The molecule has 7 nitrogen and oxygen atoms in total. The van der Waals surface area contributed by atoms with Crippen molar-refractivity contribution in [2.45, 2.75) is 65.7 Å². The normalized spacial score (nSPS) is 14.3. The average molecular weight is 372 g/mol. The first-order chi connectivity index (χ1) is 11.3. The molecule has 0 saturated heterocycles. The van der Waals surface area contributed by atoms with Gasteiger partial charge in [0, 0.05) is 24.4 Å². The van der Waals surface area contributed by atoms with Crippen molar-refractivity contribution in [3.63, 3.8) is 0 Å². The minimum absolute atomic E-state index is 0.0411. The highest BCUT2D eigenvalue weighted by molar-refractivity contribution is 7.11. The van der Waals surface area contributed by atoms with Gasteiger partial charge in [-0.2, -0.15) is 0 Å². The molecule has 0 aliphatic heterocycles. The molecule has 25 heavy (non-hydrogen) atoms. The summed E-state index contributed by atoms with van der Waals surface area (Å²) < 4.78 is 5.39. The molecule has 1 heterocycles. The zero-order valence-electron chi connectivity index (χ0n) is 15.9. The summed E-state index contributed by atoms with van der Waals surface area (Å²) in [6.45, 7) is 10.9. The number of hydrogen-bond donors (Lipinski definition) is 2. The Hall–Kier alpha value is -1.67. The number of hydrogen-bond acceptors (Lipinski definition) is 6. The lowest BCUT2D eigenvalue weighted by Gasteiger charge is -2.34. The number of thiazole rings is 1. The Morgan fingerprint density at radius 3 is 2.28 bits per heavy atom. The van der Waals surface area contributed by atoms with Crippen LogP contribution in [0.1, 0.15) is 67.5 Å². The quantitative estimate of drug-likeness (QED) is 0.793. The number of aryl methyl sites for hydroxylation is 1. The summed E-state index contributed by atoms with van der Waals surface area (Å²) in [5, 5.41) is 19.9. The van der Waals surface area contributed by atoms with Crippen LogP contribution in [0.25, 0.3) is 0 Å². The Morgan fingerprint density at radius 2 is 1.88 bits per heavy atom. The monoisotopic (exact) mass is 372 g/mol. The Bertz CT molecular complexity index is 621. The molecule has 0 radical (unpaired) electrons. The van der Waals surface area contributed by atoms with Crippen LogP contribution in [0.3, 0.4) is 0 Å². The van der Waals surface area contributed by atoms with Crippen molar-refractivity contribution >= 4 is 23.4 Å². The largest absolute Gasteiger partial charge is 0.476 e. The van der Waals surface area contributed by atoms with E-state index in [4.69, 9.17) is 9.84 Å². The van der Waals surface area contributed by atoms with E-state index in [2.05, 4.69) is 4.98 Å². The molecule has 0 saturated carbocycles. The minimum atomic E-state index is -1.11. The number of aromatic carboxylic acids is 1. The van der Waals surface area contributed by atoms with E-state index < -0.39 is 23.8 Å². The van der Waals surface area contributed by atoms with Gasteiger partial charge >= 0.3 is 12.1 Å². The van der Waals surface area contributed by atoms with Gasteiger partial charge in [-0.1, -0.05) is 13.8 Å². The third kappa shape index (κ3) is 5.97. The third-order valence-electron chi connectivity index (χ3n) is 3.71. The second kappa shape index (κ2) is 8.14. The second-order valence-corrected chi connectivity index (χ2v) is 8.65. The van der Waals surface area contributed by atoms with Crippen LogP contribution < -0.4 is 0 Å². The fourth-order valence-electron chi connectivity index (χ4n) is 2.43. The molecule has 0 fully saturated rings. The molecule has 8 heteroatoms. The summed E-state index contributed by atoms with van der Waals surface area (Å²) in [5.74, 6) is -1.04. The number of rotatable bonds is 6. The predicted octanol–water partition coefficient (Wildman–Crippen LogP) is 3.46. The number of aliphatic hydroxyl groups excluding tert-OH is 1. The number of carbonyl (C=O) groups excluding carboxylic acids is 1. The third-order valence-corrected chi connectivity index (χ3v) is 4.79. The minimum Gasteiger partial charge on any atom is -0.476 e. The lowest BCUT2D eigenvalue weighted by Crippen LogP contribution is -2.44. The van der Waals surface area contributed by atoms with Crippen molar-refractivity contribution in [1.82, 2.24) is 9.88 Å². The summed E-state index contributed by atoms with van der Waals surface area (Å²) in [6.07, 6.45) is -1.16. The predicted molar refractivity (Wildman–Crippen MR) is 96.0 cm³/mol. The van der Waals surface area contributed by atoms with Gasteiger partial charge in [-0.25, -0.2) is 14.6 Å². The Morgan fingerprint density at radius 1 is 1.32 bits per heavy atom. The van der Waals surface area contributed by atoms with Crippen LogP contribution >= 0.6 is 11.3 Å². The van der Waals surface area contributed by atoms with Crippen molar-refractivity contribution < 1.29 is 24.5 Å². The molecule has 1 amide bonds. The molecular formula is C17H28N2O5S. The molecule has 1 aromatic rings. The van der Waals surface area contributed by atoms with E-state index in [0.717, 1.165) is 11.3 Å². The van der Waals surface area contributed by atoms with Gasteiger partial charge in [0.1, 0.15) is 16.7 Å². The SMILES string of the molecule is Cc1sc([C@H](O)C[C@H](C(C)C)N(C)C(=O)OC(C)(C)C)nc1C(=O)O. The first-order valence-corrected chi connectivity index (χ1v) is 8.99. The van der Waals surface area contributed by atoms with E-state index in [1.807, 2.05) is 13.8 Å². The molecule has 2 atom stereocenters. The Kier molecular flexibility index (Phi) is 6.96. The first-order valence-electron chi connectivity index (χ1n) is 8.18. The van der Waals surface area contributed by atoms with Gasteiger partial charge in [-0.05, 0) is 33.6 Å². The van der Waals surface area contributed by atoms with Gasteiger partial charge in [0.2, 0.25) is 0 Å². The molecule has 0 aromatic carbocycles. The number of aromatic nitrogens is 1. The molecule has 2 N–H and O–H groups in total. The summed E-state index contributed by atoms with van der Waals surface area (Å²) in [5.41, 5.74) is -0.644.